The standard InChI is InChI=1S/C12H15NO4/c1-10(14)17-12(2,8-9-13(15)16)11-6-4-3-5-7-11/h3-7H,8-9H2,1-2H3. The Balaban J connectivity index is 2.93. The van der Waals surface area contributed by atoms with Crippen molar-refractivity contribution in [2.75, 3.05) is 6.54 Å². The summed E-state index contributed by atoms with van der Waals surface area (Å²) >= 11 is 0. The normalized spacial score (nSPS) is 13.8. The van der Waals surface area contributed by atoms with Crippen LogP contribution in [0.4, 0.5) is 0 Å². The average molecular weight is 237 g/mol. The molecule has 0 spiro atoms. The zero-order valence-electron chi connectivity index (χ0n) is 9.88. The number of nitro groups is 1. The number of rotatable bonds is 5. The number of esters is 1. The number of hydrogen-bond donors (Lipinski definition) is 0. The van der Waals surface area contributed by atoms with Crippen LogP contribution in [0.25, 0.3) is 0 Å². The lowest BCUT2D eigenvalue weighted by molar-refractivity contribution is -0.483. The van der Waals surface area contributed by atoms with Crippen molar-refractivity contribution in [3.8, 4) is 0 Å². The first-order valence-corrected chi connectivity index (χ1v) is 5.31. The molecule has 92 valence electrons. The maximum absolute atomic E-state index is 11.1. The maximum Gasteiger partial charge on any atom is 0.303 e. The van der Waals surface area contributed by atoms with Crippen molar-refractivity contribution in [1.29, 1.82) is 0 Å². The highest BCUT2D eigenvalue weighted by molar-refractivity contribution is 5.66. The molecule has 5 heteroatoms. The van der Waals surface area contributed by atoms with Crippen LogP contribution in [0, 0.1) is 10.1 Å². The van der Waals surface area contributed by atoms with E-state index in [2.05, 4.69) is 0 Å². The molecule has 0 fully saturated rings. The fourth-order valence-electron chi connectivity index (χ4n) is 1.67. The Hall–Kier alpha value is -1.91. The van der Waals surface area contributed by atoms with Gasteiger partial charge in [0.05, 0.1) is 6.42 Å². The van der Waals surface area contributed by atoms with Crippen LogP contribution in [0.3, 0.4) is 0 Å². The van der Waals surface area contributed by atoms with Gasteiger partial charge in [-0.15, -0.1) is 0 Å². The molecule has 17 heavy (non-hydrogen) atoms. The minimum absolute atomic E-state index is 0.156. The van der Waals surface area contributed by atoms with Gasteiger partial charge in [0.1, 0.15) is 5.60 Å². The lowest BCUT2D eigenvalue weighted by atomic mass is 9.92. The number of nitrogens with zero attached hydrogens (tertiary/aromatic N) is 1. The second-order valence-corrected chi connectivity index (χ2v) is 4.00. The Morgan fingerprint density at radius 1 is 1.41 bits per heavy atom. The zero-order chi connectivity index (χ0) is 12.9. The van der Waals surface area contributed by atoms with Crippen LogP contribution in [0.15, 0.2) is 30.3 Å². The van der Waals surface area contributed by atoms with Gasteiger partial charge in [-0.1, -0.05) is 30.3 Å². The molecule has 1 unspecified atom stereocenters. The highest BCUT2D eigenvalue weighted by Gasteiger charge is 2.31. The molecule has 0 radical (unpaired) electrons. The van der Waals surface area contributed by atoms with E-state index < -0.39 is 16.5 Å². The van der Waals surface area contributed by atoms with Crippen LogP contribution in [-0.2, 0) is 15.1 Å². The van der Waals surface area contributed by atoms with Gasteiger partial charge in [-0.05, 0) is 12.5 Å². The van der Waals surface area contributed by atoms with Gasteiger partial charge >= 0.3 is 5.97 Å². The van der Waals surface area contributed by atoms with E-state index in [9.17, 15) is 14.9 Å². The van der Waals surface area contributed by atoms with Crippen molar-refractivity contribution in [2.24, 2.45) is 0 Å². The van der Waals surface area contributed by atoms with Crippen LogP contribution in [0.2, 0.25) is 0 Å². The molecule has 0 aliphatic rings. The summed E-state index contributed by atoms with van der Waals surface area (Å²) < 4.78 is 5.23. The van der Waals surface area contributed by atoms with Gasteiger partial charge in [0.25, 0.3) is 0 Å². The minimum Gasteiger partial charge on any atom is -0.454 e. The summed E-state index contributed by atoms with van der Waals surface area (Å²) in [6.45, 7) is 2.75. The van der Waals surface area contributed by atoms with Crippen molar-refractivity contribution < 1.29 is 14.5 Å². The summed E-state index contributed by atoms with van der Waals surface area (Å²) in [5.74, 6) is -0.445. The predicted octanol–water partition coefficient (Wildman–Crippen LogP) is 2.13. The third kappa shape index (κ3) is 3.86. The first-order chi connectivity index (χ1) is 7.94. The zero-order valence-corrected chi connectivity index (χ0v) is 9.88. The summed E-state index contributed by atoms with van der Waals surface area (Å²) in [5.41, 5.74) is -0.183. The van der Waals surface area contributed by atoms with Gasteiger partial charge in [-0.2, -0.15) is 0 Å². The Morgan fingerprint density at radius 2 is 2.00 bits per heavy atom. The van der Waals surface area contributed by atoms with Crippen LogP contribution in [-0.4, -0.2) is 17.4 Å². The highest BCUT2D eigenvalue weighted by atomic mass is 16.6. The predicted molar refractivity (Wildman–Crippen MR) is 62.0 cm³/mol. The fraction of sp³-hybridized carbons (Fsp3) is 0.417. The molecule has 1 aromatic rings. The molecule has 0 saturated carbocycles. The second-order valence-electron chi connectivity index (χ2n) is 4.00. The third-order valence-electron chi connectivity index (χ3n) is 2.52. The van der Waals surface area contributed by atoms with E-state index in [0.717, 1.165) is 5.56 Å². The second kappa shape index (κ2) is 5.43. The quantitative estimate of drug-likeness (QED) is 0.447. The third-order valence-corrected chi connectivity index (χ3v) is 2.52. The maximum atomic E-state index is 11.1. The summed E-state index contributed by atoms with van der Waals surface area (Å²) in [7, 11) is 0. The van der Waals surface area contributed by atoms with E-state index in [1.54, 1.807) is 19.1 Å². The molecular formula is C12H15NO4. The average Bonchev–Trinajstić information content (AvgIpc) is 2.27. The topological polar surface area (TPSA) is 69.4 Å². The SMILES string of the molecule is CC(=O)OC(C)(CC[N+](=O)[O-])c1ccccc1. The van der Waals surface area contributed by atoms with Crippen molar-refractivity contribution >= 4 is 5.97 Å². The van der Waals surface area contributed by atoms with Crippen molar-refractivity contribution in [2.45, 2.75) is 25.9 Å². The van der Waals surface area contributed by atoms with E-state index in [4.69, 9.17) is 4.74 Å². The minimum atomic E-state index is -0.944. The molecule has 1 aromatic carbocycles. The van der Waals surface area contributed by atoms with Crippen LogP contribution in [0.5, 0.6) is 0 Å². The molecular weight excluding hydrogens is 222 g/mol. The summed E-state index contributed by atoms with van der Waals surface area (Å²) in [4.78, 5) is 21.1. The van der Waals surface area contributed by atoms with Crippen LogP contribution >= 0.6 is 0 Å². The van der Waals surface area contributed by atoms with E-state index in [0.29, 0.717) is 0 Å². The van der Waals surface area contributed by atoms with Gasteiger partial charge in [0.15, 0.2) is 0 Å². The summed E-state index contributed by atoms with van der Waals surface area (Å²) in [6.07, 6.45) is 0.156. The van der Waals surface area contributed by atoms with Gasteiger partial charge in [0.2, 0.25) is 6.54 Å². The van der Waals surface area contributed by atoms with Crippen LogP contribution in [0.1, 0.15) is 25.8 Å². The molecule has 0 amide bonds. The first-order valence-electron chi connectivity index (χ1n) is 5.31. The fourth-order valence-corrected chi connectivity index (χ4v) is 1.67. The highest BCUT2D eigenvalue weighted by Crippen LogP contribution is 2.29. The molecule has 0 heterocycles. The van der Waals surface area contributed by atoms with Crippen molar-refractivity contribution in [3.63, 3.8) is 0 Å². The van der Waals surface area contributed by atoms with Crippen LogP contribution < -0.4 is 0 Å². The lowest BCUT2D eigenvalue weighted by Crippen LogP contribution is -2.30. The molecule has 1 rings (SSSR count). The van der Waals surface area contributed by atoms with E-state index in [1.807, 2.05) is 18.2 Å². The number of carbonyl (C=O) groups is 1. The molecule has 0 saturated heterocycles. The number of benzene rings is 1. The molecule has 0 N–H and O–H groups in total. The Bertz CT molecular complexity index is 404. The van der Waals surface area contributed by atoms with E-state index in [1.165, 1.54) is 6.92 Å². The van der Waals surface area contributed by atoms with Gasteiger partial charge in [-0.3, -0.25) is 14.9 Å². The number of hydrogen-bond acceptors (Lipinski definition) is 4. The molecule has 5 nitrogen and oxygen atoms in total. The van der Waals surface area contributed by atoms with Crippen molar-refractivity contribution in [3.05, 3.63) is 46.0 Å². The number of carbonyl (C=O) groups excluding carboxylic acids is 1. The smallest absolute Gasteiger partial charge is 0.303 e. The molecule has 0 aromatic heterocycles. The lowest BCUT2D eigenvalue weighted by Gasteiger charge is -2.28. The van der Waals surface area contributed by atoms with Crippen molar-refractivity contribution in [1.82, 2.24) is 0 Å². The monoisotopic (exact) mass is 237 g/mol. The summed E-state index contributed by atoms with van der Waals surface area (Å²) in [6, 6.07) is 9.05. The molecule has 0 bridgehead atoms. The van der Waals surface area contributed by atoms with E-state index in [-0.39, 0.29) is 13.0 Å². The van der Waals surface area contributed by atoms with Gasteiger partial charge in [0, 0.05) is 11.8 Å². The Morgan fingerprint density at radius 3 is 2.47 bits per heavy atom. The molecule has 0 aliphatic carbocycles. The van der Waals surface area contributed by atoms with Gasteiger partial charge < -0.3 is 4.74 Å². The number of ether oxygens (including phenoxy) is 1. The Kier molecular flexibility index (Phi) is 4.20. The first kappa shape index (κ1) is 13.2. The molecule has 0 aliphatic heterocycles. The molecule has 1 atom stereocenters. The van der Waals surface area contributed by atoms with E-state index >= 15 is 0 Å². The van der Waals surface area contributed by atoms with Gasteiger partial charge in [-0.25, -0.2) is 0 Å². The Labute approximate surface area is 99.5 Å². The largest absolute Gasteiger partial charge is 0.454 e. The summed E-state index contributed by atoms with van der Waals surface area (Å²) in [5, 5.41) is 10.4.